The monoisotopic (exact) mass is 567 g/mol. The summed E-state index contributed by atoms with van der Waals surface area (Å²) in [5, 5.41) is 3.58. The summed E-state index contributed by atoms with van der Waals surface area (Å²) in [6.45, 7) is 2.25. The van der Waals surface area contributed by atoms with Gasteiger partial charge in [0.2, 0.25) is 12.7 Å². The second kappa shape index (κ2) is 11.5. The first-order valence-corrected chi connectivity index (χ1v) is 13.4. The van der Waals surface area contributed by atoms with Gasteiger partial charge in [0, 0.05) is 11.8 Å². The number of fused-ring (bicyclic) bond motifs is 2. The van der Waals surface area contributed by atoms with Gasteiger partial charge >= 0.3 is 0 Å². The molecule has 2 heterocycles. The minimum Gasteiger partial charge on any atom is -0.497 e. The third kappa shape index (κ3) is 5.62. The van der Waals surface area contributed by atoms with E-state index in [0.717, 1.165) is 5.56 Å². The lowest BCUT2D eigenvalue weighted by Gasteiger charge is -2.18. The minimum atomic E-state index is -0.536. The SMILES string of the molecule is CCC(Sc1nc2cc3c(cc2c(=O)n1Cc1ccc(OC)cc1)OCO3)C(=O)Nc1ccc(OC)c(Cl)c1. The van der Waals surface area contributed by atoms with Gasteiger partial charge in [0.15, 0.2) is 16.7 Å². The Morgan fingerprint density at radius 2 is 1.85 bits per heavy atom. The lowest BCUT2D eigenvalue weighted by Crippen LogP contribution is -2.28. The maximum Gasteiger partial charge on any atom is 0.262 e. The molecule has 1 N–H and O–H groups in total. The number of thioether (sulfide) groups is 1. The zero-order chi connectivity index (χ0) is 27.5. The van der Waals surface area contributed by atoms with E-state index in [2.05, 4.69) is 5.32 Å². The predicted molar refractivity (Wildman–Crippen MR) is 151 cm³/mol. The molecule has 0 spiro atoms. The van der Waals surface area contributed by atoms with Gasteiger partial charge in [0.1, 0.15) is 11.5 Å². The normalized spacial score (nSPS) is 12.8. The van der Waals surface area contributed by atoms with Crippen molar-refractivity contribution in [2.24, 2.45) is 0 Å². The van der Waals surface area contributed by atoms with Crippen molar-refractivity contribution in [2.75, 3.05) is 26.3 Å². The maximum absolute atomic E-state index is 13.8. The van der Waals surface area contributed by atoms with Crippen LogP contribution in [0.15, 0.2) is 64.5 Å². The van der Waals surface area contributed by atoms with Crippen molar-refractivity contribution in [3.05, 3.63) is 75.5 Å². The van der Waals surface area contributed by atoms with Crippen LogP contribution in [0, 0.1) is 0 Å². The van der Waals surface area contributed by atoms with Gasteiger partial charge in [-0.1, -0.05) is 42.4 Å². The molecule has 1 unspecified atom stereocenters. The molecule has 11 heteroatoms. The van der Waals surface area contributed by atoms with Gasteiger partial charge in [-0.3, -0.25) is 14.2 Å². The number of benzene rings is 3. The summed E-state index contributed by atoms with van der Waals surface area (Å²) in [5.74, 6) is 2.02. The Labute approximate surface area is 234 Å². The average Bonchev–Trinajstić information content (AvgIpc) is 3.40. The summed E-state index contributed by atoms with van der Waals surface area (Å²) >= 11 is 7.46. The van der Waals surface area contributed by atoms with Gasteiger partial charge in [-0.2, -0.15) is 0 Å². The summed E-state index contributed by atoms with van der Waals surface area (Å²) in [6.07, 6.45) is 0.498. The first-order valence-electron chi connectivity index (χ1n) is 12.2. The van der Waals surface area contributed by atoms with Crippen LogP contribution < -0.4 is 29.8 Å². The van der Waals surface area contributed by atoms with E-state index in [4.69, 9.17) is 35.5 Å². The lowest BCUT2D eigenvalue weighted by atomic mass is 10.2. The van der Waals surface area contributed by atoms with Crippen LogP contribution >= 0.6 is 23.4 Å². The van der Waals surface area contributed by atoms with Crippen LogP contribution in [0.5, 0.6) is 23.0 Å². The fourth-order valence-electron chi connectivity index (χ4n) is 4.15. The zero-order valence-electron chi connectivity index (χ0n) is 21.5. The number of anilines is 1. The van der Waals surface area contributed by atoms with Crippen molar-refractivity contribution in [3.63, 3.8) is 0 Å². The molecule has 4 aromatic rings. The Balaban J connectivity index is 1.50. The summed E-state index contributed by atoms with van der Waals surface area (Å²) in [5.41, 5.74) is 1.65. The number of nitrogens with one attached hydrogen (secondary N) is 1. The second-order valence-electron chi connectivity index (χ2n) is 8.71. The standard InChI is InChI=1S/C28H26ClN3O6S/c1-4-25(26(33)30-17-7-10-22(36-3)20(29)11-17)39-28-31-21-13-24-23(37-15-38-24)12-19(21)27(34)32(28)14-16-5-8-18(35-2)9-6-16/h5-13,25H,4,14-15H2,1-3H3,(H,30,33). The zero-order valence-corrected chi connectivity index (χ0v) is 23.1. The first-order chi connectivity index (χ1) is 18.9. The molecular weight excluding hydrogens is 542 g/mol. The molecule has 0 fully saturated rings. The molecule has 1 amide bonds. The maximum atomic E-state index is 13.8. The summed E-state index contributed by atoms with van der Waals surface area (Å²) in [4.78, 5) is 31.9. The van der Waals surface area contributed by atoms with Crippen molar-refractivity contribution < 1.29 is 23.7 Å². The van der Waals surface area contributed by atoms with E-state index in [1.165, 1.54) is 18.9 Å². The largest absolute Gasteiger partial charge is 0.497 e. The summed E-state index contributed by atoms with van der Waals surface area (Å²) in [6, 6.07) is 15.8. The van der Waals surface area contributed by atoms with Gasteiger partial charge in [-0.05, 0) is 48.4 Å². The Bertz CT molecular complexity index is 1590. The number of halogens is 1. The third-order valence-corrected chi connectivity index (χ3v) is 7.89. The molecule has 1 aliphatic rings. The lowest BCUT2D eigenvalue weighted by molar-refractivity contribution is -0.115. The number of hydrogen-bond acceptors (Lipinski definition) is 8. The second-order valence-corrected chi connectivity index (χ2v) is 10.3. The van der Waals surface area contributed by atoms with E-state index in [1.54, 1.807) is 42.0 Å². The highest BCUT2D eigenvalue weighted by Gasteiger charge is 2.24. The van der Waals surface area contributed by atoms with Gasteiger partial charge in [-0.15, -0.1) is 0 Å². The fraction of sp³-hybridized carbons (Fsp3) is 0.250. The van der Waals surface area contributed by atoms with Gasteiger partial charge < -0.3 is 24.3 Å². The first kappa shape index (κ1) is 26.7. The van der Waals surface area contributed by atoms with E-state index < -0.39 is 5.25 Å². The van der Waals surface area contributed by atoms with Gasteiger partial charge in [-0.25, -0.2) is 4.98 Å². The van der Waals surface area contributed by atoms with Crippen molar-refractivity contribution in [2.45, 2.75) is 30.3 Å². The number of carbonyl (C=O) groups excluding carboxylic acids is 1. The highest BCUT2D eigenvalue weighted by atomic mass is 35.5. The molecule has 0 saturated heterocycles. The predicted octanol–water partition coefficient (Wildman–Crippen LogP) is 5.35. The Hall–Kier alpha value is -3.89. The Morgan fingerprint density at radius 1 is 1.10 bits per heavy atom. The van der Waals surface area contributed by atoms with E-state index >= 15 is 0 Å². The van der Waals surface area contributed by atoms with Crippen LogP contribution in [0.1, 0.15) is 18.9 Å². The van der Waals surface area contributed by atoms with Crippen LogP contribution in [0.4, 0.5) is 5.69 Å². The van der Waals surface area contributed by atoms with Crippen molar-refractivity contribution in [1.29, 1.82) is 0 Å². The third-order valence-electron chi connectivity index (χ3n) is 6.24. The highest BCUT2D eigenvalue weighted by molar-refractivity contribution is 8.00. The Morgan fingerprint density at radius 3 is 2.51 bits per heavy atom. The van der Waals surface area contributed by atoms with Gasteiger partial charge in [0.25, 0.3) is 5.56 Å². The topological polar surface area (TPSA) is 101 Å². The smallest absolute Gasteiger partial charge is 0.262 e. The molecule has 1 aliphatic heterocycles. The number of nitrogens with zero attached hydrogens (tertiary/aromatic N) is 2. The average molecular weight is 568 g/mol. The molecule has 1 atom stereocenters. The number of carbonyl (C=O) groups is 1. The minimum absolute atomic E-state index is 0.0841. The van der Waals surface area contributed by atoms with Crippen molar-refractivity contribution >= 4 is 45.9 Å². The van der Waals surface area contributed by atoms with Crippen LogP contribution in [0.3, 0.4) is 0 Å². The Kier molecular flexibility index (Phi) is 7.85. The van der Waals surface area contributed by atoms with Crippen LogP contribution in [-0.4, -0.2) is 41.7 Å². The van der Waals surface area contributed by atoms with E-state index in [9.17, 15) is 9.59 Å². The molecule has 3 aromatic carbocycles. The molecule has 0 bridgehead atoms. The number of methoxy groups -OCH3 is 2. The van der Waals surface area contributed by atoms with Gasteiger partial charge in [0.05, 0.1) is 41.9 Å². The number of hydrogen-bond donors (Lipinski definition) is 1. The number of aromatic nitrogens is 2. The molecular formula is C28H26ClN3O6S. The molecule has 0 radical (unpaired) electrons. The van der Waals surface area contributed by atoms with Crippen LogP contribution in [-0.2, 0) is 11.3 Å². The summed E-state index contributed by atoms with van der Waals surface area (Å²) < 4.78 is 23.0. The van der Waals surface area contributed by atoms with E-state index in [1.807, 2.05) is 31.2 Å². The summed E-state index contributed by atoms with van der Waals surface area (Å²) in [7, 11) is 3.13. The highest BCUT2D eigenvalue weighted by Crippen LogP contribution is 2.36. The van der Waals surface area contributed by atoms with Crippen molar-refractivity contribution in [3.8, 4) is 23.0 Å². The molecule has 9 nitrogen and oxygen atoms in total. The molecule has 202 valence electrons. The number of amides is 1. The van der Waals surface area contributed by atoms with Crippen LogP contribution in [0.25, 0.3) is 10.9 Å². The molecule has 39 heavy (non-hydrogen) atoms. The van der Waals surface area contributed by atoms with Crippen molar-refractivity contribution in [1.82, 2.24) is 9.55 Å². The molecule has 1 aromatic heterocycles. The van der Waals surface area contributed by atoms with E-state index in [-0.39, 0.29) is 24.8 Å². The molecule has 0 saturated carbocycles. The van der Waals surface area contributed by atoms with Crippen LogP contribution in [0.2, 0.25) is 5.02 Å². The molecule has 5 rings (SSSR count). The van der Waals surface area contributed by atoms with E-state index in [0.29, 0.717) is 56.2 Å². The number of rotatable bonds is 9. The fourth-order valence-corrected chi connectivity index (χ4v) is 5.42. The molecule has 0 aliphatic carbocycles. The quantitative estimate of drug-likeness (QED) is 0.213. The number of ether oxygens (including phenoxy) is 4.